The predicted molar refractivity (Wildman–Crippen MR) is 108 cm³/mol. The van der Waals surface area contributed by atoms with E-state index in [0.29, 0.717) is 6.61 Å². The van der Waals surface area contributed by atoms with Gasteiger partial charge in [-0.2, -0.15) is 0 Å². The Morgan fingerprint density at radius 3 is 2.26 bits per heavy atom. The monoisotopic (exact) mass is 364 g/mol. The summed E-state index contributed by atoms with van der Waals surface area (Å²) in [5.41, 5.74) is 1.74. The molecule has 1 saturated heterocycles. The van der Waals surface area contributed by atoms with Crippen LogP contribution in [0.15, 0.2) is 73.3 Å². The van der Waals surface area contributed by atoms with E-state index in [0.717, 1.165) is 43.6 Å². The van der Waals surface area contributed by atoms with Crippen molar-refractivity contribution >= 4 is 5.91 Å². The number of hydrogen-bond donors (Lipinski definition) is 0. The van der Waals surface area contributed by atoms with Crippen LogP contribution in [0.3, 0.4) is 0 Å². The van der Waals surface area contributed by atoms with Crippen LogP contribution in [0.1, 0.15) is 30.9 Å². The van der Waals surface area contributed by atoms with Crippen LogP contribution in [0.4, 0.5) is 0 Å². The highest BCUT2D eigenvalue weighted by Gasteiger charge is 2.44. The van der Waals surface area contributed by atoms with E-state index in [1.807, 2.05) is 54.6 Å². The number of rotatable bonds is 7. The van der Waals surface area contributed by atoms with Crippen molar-refractivity contribution in [2.24, 2.45) is 0 Å². The Morgan fingerprint density at radius 2 is 1.70 bits per heavy atom. The fraction of sp³-hybridized carbons (Fsp3) is 0.348. The van der Waals surface area contributed by atoms with Crippen molar-refractivity contribution < 1.29 is 9.63 Å². The van der Waals surface area contributed by atoms with Crippen LogP contribution in [0.2, 0.25) is 0 Å². The van der Waals surface area contributed by atoms with Gasteiger partial charge in [0.2, 0.25) is 5.91 Å². The van der Waals surface area contributed by atoms with Crippen molar-refractivity contribution in [2.75, 3.05) is 19.6 Å². The molecule has 0 saturated carbocycles. The lowest BCUT2D eigenvalue weighted by Gasteiger charge is -2.47. The molecule has 0 spiro atoms. The molecule has 2 aromatic carbocycles. The maximum absolute atomic E-state index is 12.6. The van der Waals surface area contributed by atoms with Gasteiger partial charge in [0.1, 0.15) is 6.61 Å². The zero-order valence-electron chi connectivity index (χ0n) is 16.0. The third-order valence-electron chi connectivity index (χ3n) is 5.26. The molecule has 1 aliphatic rings. The van der Waals surface area contributed by atoms with Gasteiger partial charge in [0, 0.05) is 26.6 Å². The lowest BCUT2D eigenvalue weighted by atomic mass is 9.80. The van der Waals surface area contributed by atoms with Crippen LogP contribution in [-0.4, -0.2) is 35.5 Å². The molecule has 0 unspecified atom stereocenters. The first-order valence-electron chi connectivity index (χ1n) is 9.52. The van der Waals surface area contributed by atoms with E-state index in [-0.39, 0.29) is 5.91 Å². The fourth-order valence-corrected chi connectivity index (χ4v) is 3.87. The minimum absolute atomic E-state index is 0.0630. The van der Waals surface area contributed by atoms with Crippen molar-refractivity contribution in [3.8, 4) is 0 Å². The van der Waals surface area contributed by atoms with Crippen LogP contribution in [0, 0.1) is 0 Å². The highest BCUT2D eigenvalue weighted by molar-refractivity contribution is 5.73. The molecule has 0 bridgehead atoms. The van der Waals surface area contributed by atoms with E-state index in [1.54, 1.807) is 12.0 Å². The standard InChI is InChI=1S/C23H28N2O2/c1-3-16-24-17-14-23(15-18-24,22-12-8-5-9-13-22)25(20(2)26)27-19-21-10-6-4-7-11-21/h3-13H,1,14-19H2,2H3. The van der Waals surface area contributed by atoms with E-state index in [4.69, 9.17) is 4.84 Å². The first kappa shape index (κ1) is 19.3. The summed E-state index contributed by atoms with van der Waals surface area (Å²) in [6.45, 7) is 8.49. The van der Waals surface area contributed by atoms with Gasteiger partial charge in [-0.15, -0.1) is 6.58 Å². The molecule has 3 rings (SSSR count). The third kappa shape index (κ3) is 4.46. The van der Waals surface area contributed by atoms with Crippen LogP contribution < -0.4 is 0 Å². The second-order valence-electron chi connectivity index (χ2n) is 7.06. The predicted octanol–water partition coefficient (Wildman–Crippen LogP) is 4.14. The Bertz CT molecular complexity index is 737. The van der Waals surface area contributed by atoms with E-state index in [2.05, 4.69) is 23.6 Å². The number of likely N-dealkylation sites (tertiary alicyclic amines) is 1. The Morgan fingerprint density at radius 1 is 1.11 bits per heavy atom. The quantitative estimate of drug-likeness (QED) is 0.547. The SMILES string of the molecule is C=CCN1CCC(c2ccccc2)(N(OCc2ccccc2)C(C)=O)CC1. The topological polar surface area (TPSA) is 32.8 Å². The summed E-state index contributed by atoms with van der Waals surface area (Å²) >= 11 is 0. The largest absolute Gasteiger partial charge is 0.299 e. The van der Waals surface area contributed by atoms with Crippen molar-refractivity contribution in [3.05, 3.63) is 84.4 Å². The molecule has 27 heavy (non-hydrogen) atoms. The van der Waals surface area contributed by atoms with E-state index in [1.165, 1.54) is 0 Å². The zero-order chi connectivity index (χ0) is 19.1. The minimum Gasteiger partial charge on any atom is -0.299 e. The summed E-state index contributed by atoms with van der Waals surface area (Å²) in [7, 11) is 0. The van der Waals surface area contributed by atoms with Crippen molar-refractivity contribution in [3.63, 3.8) is 0 Å². The van der Waals surface area contributed by atoms with Gasteiger partial charge in [-0.25, -0.2) is 5.06 Å². The molecule has 1 heterocycles. The van der Waals surface area contributed by atoms with Crippen LogP contribution in [0.25, 0.3) is 0 Å². The molecule has 1 amide bonds. The van der Waals surface area contributed by atoms with Crippen LogP contribution in [-0.2, 0) is 21.8 Å². The number of carbonyl (C=O) groups excluding carboxylic acids is 1. The first-order chi connectivity index (χ1) is 13.2. The Labute approximate surface area is 162 Å². The average molecular weight is 364 g/mol. The van der Waals surface area contributed by atoms with E-state index in [9.17, 15) is 4.79 Å². The number of hydrogen-bond acceptors (Lipinski definition) is 3. The molecule has 4 heteroatoms. The third-order valence-corrected chi connectivity index (χ3v) is 5.26. The number of piperidine rings is 1. The molecule has 1 fully saturated rings. The molecule has 0 N–H and O–H groups in total. The summed E-state index contributed by atoms with van der Waals surface area (Å²) in [5, 5.41) is 1.63. The lowest BCUT2D eigenvalue weighted by molar-refractivity contribution is -0.238. The normalized spacial score (nSPS) is 16.6. The molecular weight excluding hydrogens is 336 g/mol. The average Bonchev–Trinajstić information content (AvgIpc) is 2.71. The molecule has 142 valence electrons. The smallest absolute Gasteiger partial charge is 0.243 e. The second kappa shape index (κ2) is 8.98. The summed E-state index contributed by atoms with van der Waals surface area (Å²) in [6, 6.07) is 20.2. The number of amides is 1. The number of nitrogens with zero attached hydrogens (tertiary/aromatic N) is 2. The Balaban J connectivity index is 1.87. The molecule has 0 atom stereocenters. The van der Waals surface area contributed by atoms with Crippen molar-refractivity contribution in [2.45, 2.75) is 31.9 Å². The minimum atomic E-state index is -0.445. The first-order valence-corrected chi connectivity index (χ1v) is 9.52. The molecule has 0 aliphatic carbocycles. The van der Waals surface area contributed by atoms with Crippen LogP contribution >= 0.6 is 0 Å². The van der Waals surface area contributed by atoms with Gasteiger partial charge >= 0.3 is 0 Å². The van der Waals surface area contributed by atoms with Gasteiger partial charge in [0.25, 0.3) is 0 Å². The van der Waals surface area contributed by atoms with Gasteiger partial charge < -0.3 is 0 Å². The highest BCUT2D eigenvalue weighted by atomic mass is 16.7. The van der Waals surface area contributed by atoms with Crippen LogP contribution in [0.5, 0.6) is 0 Å². The van der Waals surface area contributed by atoms with E-state index < -0.39 is 5.54 Å². The molecule has 4 nitrogen and oxygen atoms in total. The van der Waals surface area contributed by atoms with E-state index >= 15 is 0 Å². The highest BCUT2D eigenvalue weighted by Crippen LogP contribution is 2.39. The Kier molecular flexibility index (Phi) is 6.43. The number of carbonyl (C=O) groups is 1. The summed E-state index contributed by atoms with van der Waals surface area (Å²) in [4.78, 5) is 21.1. The van der Waals surface area contributed by atoms with Gasteiger partial charge in [-0.05, 0) is 24.0 Å². The van der Waals surface area contributed by atoms with Gasteiger partial charge in [0.15, 0.2) is 0 Å². The fourth-order valence-electron chi connectivity index (χ4n) is 3.87. The number of hydroxylamine groups is 2. The molecule has 0 radical (unpaired) electrons. The molecule has 1 aliphatic heterocycles. The summed E-state index contributed by atoms with van der Waals surface area (Å²) < 4.78 is 0. The lowest BCUT2D eigenvalue weighted by Crippen LogP contribution is -2.54. The number of benzene rings is 2. The maximum Gasteiger partial charge on any atom is 0.243 e. The zero-order valence-corrected chi connectivity index (χ0v) is 16.0. The van der Waals surface area contributed by atoms with Crippen molar-refractivity contribution in [1.82, 2.24) is 9.96 Å². The van der Waals surface area contributed by atoms with Gasteiger partial charge in [-0.1, -0.05) is 66.7 Å². The van der Waals surface area contributed by atoms with Gasteiger partial charge in [-0.3, -0.25) is 14.5 Å². The van der Waals surface area contributed by atoms with Crippen molar-refractivity contribution in [1.29, 1.82) is 0 Å². The summed E-state index contributed by atoms with van der Waals surface area (Å²) in [5.74, 6) is -0.0630. The summed E-state index contributed by atoms with van der Waals surface area (Å²) in [6.07, 6.45) is 3.60. The maximum atomic E-state index is 12.6. The molecule has 2 aromatic rings. The Hall–Kier alpha value is -2.43. The molecular formula is C23H28N2O2. The molecule has 0 aromatic heterocycles. The van der Waals surface area contributed by atoms with Gasteiger partial charge in [0.05, 0.1) is 5.54 Å². The second-order valence-corrected chi connectivity index (χ2v) is 7.06.